The summed E-state index contributed by atoms with van der Waals surface area (Å²) in [4.78, 5) is 24.8. The number of piperidine rings is 1. The molecule has 1 unspecified atom stereocenters. The van der Waals surface area contributed by atoms with Crippen molar-refractivity contribution in [3.63, 3.8) is 0 Å². The van der Waals surface area contributed by atoms with Crippen molar-refractivity contribution in [3.05, 3.63) is 0 Å². The standard InChI is InChI=1S/C16H24N2O3/c19-14-13(2-1-3-17-14)18(21)15(20)16-7-10-4-11(8-16)6-12(5-10)9-16/h10-13,21H,1-9H2,(H,17,19). The summed E-state index contributed by atoms with van der Waals surface area (Å²) < 4.78 is 0. The van der Waals surface area contributed by atoms with Gasteiger partial charge in [0.25, 0.3) is 5.91 Å². The van der Waals surface area contributed by atoms with Crippen LogP contribution in [0.5, 0.6) is 0 Å². The lowest BCUT2D eigenvalue weighted by atomic mass is 9.49. The maximum absolute atomic E-state index is 12.9. The fourth-order valence-electron chi connectivity index (χ4n) is 5.75. The van der Waals surface area contributed by atoms with E-state index in [0.717, 1.165) is 30.7 Å². The molecule has 1 atom stereocenters. The van der Waals surface area contributed by atoms with Crippen LogP contribution in [0.4, 0.5) is 0 Å². The van der Waals surface area contributed by atoms with Crippen LogP contribution in [0, 0.1) is 23.2 Å². The maximum atomic E-state index is 12.9. The fourth-order valence-corrected chi connectivity index (χ4v) is 5.75. The van der Waals surface area contributed by atoms with Gasteiger partial charge in [0.1, 0.15) is 6.04 Å². The van der Waals surface area contributed by atoms with Crippen molar-refractivity contribution in [2.75, 3.05) is 6.54 Å². The lowest BCUT2D eigenvalue weighted by Crippen LogP contribution is -2.59. The number of nitrogens with zero attached hydrogens (tertiary/aromatic N) is 1. The van der Waals surface area contributed by atoms with Gasteiger partial charge in [-0.25, -0.2) is 5.06 Å². The molecule has 5 aliphatic rings. The maximum Gasteiger partial charge on any atom is 0.252 e. The predicted molar refractivity (Wildman–Crippen MR) is 75.3 cm³/mol. The number of carbonyl (C=O) groups is 2. The van der Waals surface area contributed by atoms with Crippen LogP contribution in [0.1, 0.15) is 51.4 Å². The molecule has 5 nitrogen and oxygen atoms in total. The molecule has 0 aromatic carbocycles. The molecule has 0 spiro atoms. The smallest absolute Gasteiger partial charge is 0.252 e. The second-order valence-electron chi connectivity index (χ2n) is 7.80. The number of rotatable bonds is 2. The molecule has 0 radical (unpaired) electrons. The molecule has 21 heavy (non-hydrogen) atoms. The van der Waals surface area contributed by atoms with Gasteiger partial charge in [0.05, 0.1) is 5.41 Å². The normalized spacial score (nSPS) is 44.5. The van der Waals surface area contributed by atoms with Gasteiger partial charge in [-0.3, -0.25) is 14.8 Å². The highest BCUT2D eigenvalue weighted by Gasteiger charge is 2.56. The van der Waals surface area contributed by atoms with Crippen molar-refractivity contribution in [2.24, 2.45) is 23.2 Å². The first-order valence-corrected chi connectivity index (χ1v) is 8.38. The zero-order valence-corrected chi connectivity index (χ0v) is 12.4. The van der Waals surface area contributed by atoms with Crippen LogP contribution >= 0.6 is 0 Å². The summed E-state index contributed by atoms with van der Waals surface area (Å²) in [5.41, 5.74) is -0.374. The highest BCUT2D eigenvalue weighted by molar-refractivity contribution is 5.90. The summed E-state index contributed by atoms with van der Waals surface area (Å²) in [5.74, 6) is 1.60. The van der Waals surface area contributed by atoms with Crippen LogP contribution in [0.2, 0.25) is 0 Å². The third-order valence-corrected chi connectivity index (χ3v) is 6.25. The highest BCUT2D eigenvalue weighted by Crippen LogP contribution is 2.60. The van der Waals surface area contributed by atoms with E-state index in [-0.39, 0.29) is 17.2 Å². The SMILES string of the molecule is O=C1NCCCC1N(O)C(=O)C12CC3CC(CC(C3)C1)C2. The summed E-state index contributed by atoms with van der Waals surface area (Å²) in [6.07, 6.45) is 7.95. The quantitative estimate of drug-likeness (QED) is 0.601. The minimum absolute atomic E-state index is 0.177. The van der Waals surface area contributed by atoms with E-state index in [1.54, 1.807) is 0 Å². The number of carbonyl (C=O) groups excluding carboxylic acids is 2. The van der Waals surface area contributed by atoms with E-state index < -0.39 is 6.04 Å². The van der Waals surface area contributed by atoms with Crippen molar-refractivity contribution < 1.29 is 14.8 Å². The predicted octanol–water partition coefficient (Wildman–Crippen LogP) is 1.70. The minimum atomic E-state index is -0.681. The van der Waals surface area contributed by atoms with E-state index >= 15 is 0 Å². The third kappa shape index (κ3) is 2.08. The third-order valence-electron chi connectivity index (χ3n) is 6.25. The average molecular weight is 292 g/mol. The lowest BCUT2D eigenvalue weighted by molar-refractivity contribution is -0.202. The van der Waals surface area contributed by atoms with Gasteiger partial charge in [-0.05, 0) is 69.1 Å². The van der Waals surface area contributed by atoms with Crippen LogP contribution in [0.3, 0.4) is 0 Å². The number of nitrogens with one attached hydrogen (secondary N) is 1. The van der Waals surface area contributed by atoms with Crippen molar-refractivity contribution in [1.82, 2.24) is 10.4 Å². The molecule has 1 aliphatic heterocycles. The van der Waals surface area contributed by atoms with Gasteiger partial charge in [-0.2, -0.15) is 0 Å². The Bertz CT molecular complexity index is 441. The van der Waals surface area contributed by atoms with Crippen molar-refractivity contribution in [1.29, 1.82) is 0 Å². The minimum Gasteiger partial charge on any atom is -0.354 e. The van der Waals surface area contributed by atoms with E-state index in [4.69, 9.17) is 0 Å². The molecule has 5 fully saturated rings. The first-order valence-electron chi connectivity index (χ1n) is 8.38. The first kappa shape index (κ1) is 13.6. The van der Waals surface area contributed by atoms with Gasteiger partial charge in [0.15, 0.2) is 0 Å². The fraction of sp³-hybridized carbons (Fsp3) is 0.875. The molecule has 1 heterocycles. The van der Waals surface area contributed by atoms with Crippen LogP contribution in [-0.4, -0.2) is 34.7 Å². The van der Waals surface area contributed by atoms with Crippen molar-refractivity contribution in [3.8, 4) is 0 Å². The Labute approximate surface area is 125 Å². The molecule has 0 aromatic heterocycles. The zero-order valence-electron chi connectivity index (χ0n) is 12.4. The molecule has 5 rings (SSSR count). The molecule has 116 valence electrons. The highest BCUT2D eigenvalue weighted by atomic mass is 16.5. The summed E-state index contributed by atoms with van der Waals surface area (Å²) in [6.45, 7) is 0.648. The van der Waals surface area contributed by atoms with Gasteiger partial charge < -0.3 is 5.32 Å². The van der Waals surface area contributed by atoms with Gasteiger partial charge >= 0.3 is 0 Å². The summed E-state index contributed by atoms with van der Waals surface area (Å²) >= 11 is 0. The monoisotopic (exact) mass is 292 g/mol. The van der Waals surface area contributed by atoms with Gasteiger partial charge in [0, 0.05) is 6.54 Å². The Hall–Kier alpha value is -1.10. The number of hydrogen-bond acceptors (Lipinski definition) is 3. The molecule has 4 saturated carbocycles. The molecule has 0 aromatic rings. The zero-order chi connectivity index (χ0) is 14.6. The van der Waals surface area contributed by atoms with Gasteiger partial charge in [-0.1, -0.05) is 0 Å². The Morgan fingerprint density at radius 1 is 1.14 bits per heavy atom. The summed E-state index contributed by atoms with van der Waals surface area (Å²) in [6, 6.07) is -0.681. The van der Waals surface area contributed by atoms with Gasteiger partial charge in [0.2, 0.25) is 5.91 Å². The van der Waals surface area contributed by atoms with E-state index in [1.165, 1.54) is 19.3 Å². The van der Waals surface area contributed by atoms with E-state index in [2.05, 4.69) is 5.32 Å². The topological polar surface area (TPSA) is 69.6 Å². The van der Waals surface area contributed by atoms with Crippen LogP contribution in [0.25, 0.3) is 0 Å². The van der Waals surface area contributed by atoms with Crippen LogP contribution in [-0.2, 0) is 9.59 Å². The van der Waals surface area contributed by atoms with Crippen molar-refractivity contribution in [2.45, 2.75) is 57.4 Å². The molecule has 2 N–H and O–H groups in total. The Balaban J connectivity index is 1.55. The lowest BCUT2D eigenvalue weighted by Gasteiger charge is -2.56. The second-order valence-corrected chi connectivity index (χ2v) is 7.80. The second kappa shape index (κ2) is 4.70. The Kier molecular flexibility index (Phi) is 3.03. The molecular formula is C16H24N2O3. The van der Waals surface area contributed by atoms with Crippen LogP contribution in [0.15, 0.2) is 0 Å². The summed E-state index contributed by atoms with van der Waals surface area (Å²) in [7, 11) is 0. The molecule has 4 bridgehead atoms. The van der Waals surface area contributed by atoms with Crippen LogP contribution < -0.4 is 5.32 Å². The number of amides is 2. The Morgan fingerprint density at radius 2 is 1.71 bits per heavy atom. The first-order chi connectivity index (χ1) is 10.1. The molecule has 4 aliphatic carbocycles. The largest absolute Gasteiger partial charge is 0.354 e. The molecule has 2 amide bonds. The summed E-state index contributed by atoms with van der Waals surface area (Å²) in [5, 5.41) is 13.9. The van der Waals surface area contributed by atoms with E-state index in [9.17, 15) is 14.8 Å². The molecule has 5 heteroatoms. The van der Waals surface area contributed by atoms with Gasteiger partial charge in [-0.15, -0.1) is 0 Å². The molecular weight excluding hydrogens is 268 g/mol. The molecule has 1 saturated heterocycles. The van der Waals surface area contributed by atoms with Crippen molar-refractivity contribution >= 4 is 11.8 Å². The number of hydroxylamine groups is 2. The van der Waals surface area contributed by atoms with E-state index in [0.29, 0.717) is 30.7 Å². The van der Waals surface area contributed by atoms with E-state index in [1.807, 2.05) is 0 Å². The Morgan fingerprint density at radius 3 is 2.24 bits per heavy atom. The average Bonchev–Trinajstić information content (AvgIpc) is 2.45. The number of hydrogen-bond donors (Lipinski definition) is 2.